The van der Waals surface area contributed by atoms with E-state index in [9.17, 15) is 10.1 Å². The molecule has 1 heterocycles. The van der Waals surface area contributed by atoms with Crippen LogP contribution in [0.4, 0.5) is 11.7 Å². The van der Waals surface area contributed by atoms with Crippen molar-refractivity contribution in [1.29, 1.82) is 0 Å². The van der Waals surface area contributed by atoms with Gasteiger partial charge in [-0.25, -0.2) is 0 Å². The maximum atomic E-state index is 10.7. The number of rotatable bonds is 6. The van der Waals surface area contributed by atoms with Gasteiger partial charge >= 0.3 is 0 Å². The van der Waals surface area contributed by atoms with Gasteiger partial charge in [-0.15, -0.1) is 0 Å². The van der Waals surface area contributed by atoms with E-state index in [4.69, 9.17) is 4.42 Å². The zero-order chi connectivity index (χ0) is 13.8. The first kappa shape index (κ1) is 13.3. The van der Waals surface area contributed by atoms with Crippen molar-refractivity contribution in [1.82, 2.24) is 4.98 Å². The summed E-state index contributed by atoms with van der Waals surface area (Å²) in [7, 11) is 0. The van der Waals surface area contributed by atoms with Gasteiger partial charge in [-0.3, -0.25) is 10.1 Å². The van der Waals surface area contributed by atoms with E-state index >= 15 is 0 Å². The number of nitro benzene ring substituents is 1. The number of nitrogens with one attached hydrogen (secondary N) is 1. The number of oxazole rings is 1. The van der Waals surface area contributed by atoms with Crippen LogP contribution in [0.25, 0.3) is 11.1 Å². The van der Waals surface area contributed by atoms with Crippen LogP contribution in [0.1, 0.15) is 26.7 Å². The second-order valence-electron chi connectivity index (χ2n) is 4.89. The van der Waals surface area contributed by atoms with Crippen molar-refractivity contribution in [2.45, 2.75) is 26.7 Å². The van der Waals surface area contributed by atoms with Crippen LogP contribution in [0.5, 0.6) is 0 Å². The third-order valence-electron chi connectivity index (χ3n) is 2.82. The largest absolute Gasteiger partial charge is 0.423 e. The summed E-state index contributed by atoms with van der Waals surface area (Å²) >= 11 is 0. The molecule has 0 fully saturated rings. The SMILES string of the molecule is CC(C)CCCNc1nc2ccc([N+](=O)[O-])cc2o1. The van der Waals surface area contributed by atoms with Crippen molar-refractivity contribution in [3.8, 4) is 0 Å². The molecule has 0 amide bonds. The molecule has 0 aliphatic heterocycles. The summed E-state index contributed by atoms with van der Waals surface area (Å²) in [6.07, 6.45) is 2.18. The van der Waals surface area contributed by atoms with E-state index in [1.54, 1.807) is 6.07 Å². The minimum absolute atomic E-state index is 0.00927. The zero-order valence-corrected chi connectivity index (χ0v) is 11.0. The molecule has 1 aromatic carbocycles. The van der Waals surface area contributed by atoms with Crippen molar-refractivity contribution in [3.63, 3.8) is 0 Å². The second kappa shape index (κ2) is 5.69. The summed E-state index contributed by atoms with van der Waals surface area (Å²) in [4.78, 5) is 14.4. The Morgan fingerprint density at radius 1 is 1.47 bits per heavy atom. The van der Waals surface area contributed by atoms with E-state index in [0.717, 1.165) is 19.4 Å². The van der Waals surface area contributed by atoms with E-state index < -0.39 is 4.92 Å². The summed E-state index contributed by atoms with van der Waals surface area (Å²) in [6, 6.07) is 4.82. The van der Waals surface area contributed by atoms with Gasteiger partial charge in [0.25, 0.3) is 11.7 Å². The average Bonchev–Trinajstić information content (AvgIpc) is 2.75. The van der Waals surface area contributed by atoms with Crippen LogP contribution in [-0.2, 0) is 0 Å². The molecule has 19 heavy (non-hydrogen) atoms. The minimum Gasteiger partial charge on any atom is -0.423 e. The van der Waals surface area contributed by atoms with Crippen LogP contribution in [0, 0.1) is 16.0 Å². The molecular formula is C13H17N3O3. The Bertz CT molecular complexity index is 578. The van der Waals surface area contributed by atoms with Gasteiger partial charge in [0, 0.05) is 12.6 Å². The lowest BCUT2D eigenvalue weighted by Crippen LogP contribution is -2.02. The van der Waals surface area contributed by atoms with E-state index in [0.29, 0.717) is 23.0 Å². The highest BCUT2D eigenvalue weighted by atomic mass is 16.6. The summed E-state index contributed by atoms with van der Waals surface area (Å²) in [5, 5.41) is 13.7. The molecule has 6 nitrogen and oxygen atoms in total. The predicted molar refractivity (Wildman–Crippen MR) is 73.2 cm³/mol. The number of hydrogen-bond acceptors (Lipinski definition) is 5. The molecule has 102 valence electrons. The first-order valence-corrected chi connectivity index (χ1v) is 6.35. The van der Waals surface area contributed by atoms with Gasteiger partial charge in [-0.2, -0.15) is 4.98 Å². The van der Waals surface area contributed by atoms with Crippen molar-refractivity contribution < 1.29 is 9.34 Å². The lowest BCUT2D eigenvalue weighted by Gasteiger charge is -2.03. The zero-order valence-electron chi connectivity index (χ0n) is 11.0. The van der Waals surface area contributed by atoms with Gasteiger partial charge in [0.1, 0.15) is 5.52 Å². The summed E-state index contributed by atoms with van der Waals surface area (Å²) < 4.78 is 5.44. The Labute approximate surface area is 111 Å². The average molecular weight is 263 g/mol. The normalized spacial score (nSPS) is 11.1. The number of non-ortho nitro benzene ring substituents is 1. The number of anilines is 1. The van der Waals surface area contributed by atoms with Gasteiger partial charge in [-0.1, -0.05) is 13.8 Å². The van der Waals surface area contributed by atoms with Gasteiger partial charge < -0.3 is 9.73 Å². The fourth-order valence-corrected chi connectivity index (χ4v) is 1.81. The van der Waals surface area contributed by atoms with E-state index in [1.807, 2.05) is 0 Å². The number of nitrogens with zero attached hydrogens (tertiary/aromatic N) is 2. The number of hydrogen-bond donors (Lipinski definition) is 1. The first-order chi connectivity index (χ1) is 9.06. The van der Waals surface area contributed by atoms with Crippen LogP contribution >= 0.6 is 0 Å². The lowest BCUT2D eigenvalue weighted by molar-refractivity contribution is -0.384. The molecule has 1 aromatic heterocycles. The Balaban J connectivity index is 2.03. The number of fused-ring (bicyclic) bond motifs is 1. The quantitative estimate of drug-likeness (QED) is 0.489. The molecule has 0 bridgehead atoms. The molecule has 0 aliphatic rings. The Hall–Kier alpha value is -2.11. The highest BCUT2D eigenvalue weighted by Crippen LogP contribution is 2.23. The molecule has 1 N–H and O–H groups in total. The van der Waals surface area contributed by atoms with E-state index in [2.05, 4.69) is 24.1 Å². The number of aromatic nitrogens is 1. The van der Waals surface area contributed by atoms with Crippen molar-refractivity contribution >= 4 is 22.8 Å². The molecule has 2 rings (SSSR count). The van der Waals surface area contributed by atoms with Gasteiger partial charge in [0.2, 0.25) is 0 Å². The second-order valence-corrected chi connectivity index (χ2v) is 4.89. The fourth-order valence-electron chi connectivity index (χ4n) is 1.81. The Kier molecular flexibility index (Phi) is 3.99. The van der Waals surface area contributed by atoms with Crippen LogP contribution in [-0.4, -0.2) is 16.5 Å². The van der Waals surface area contributed by atoms with Crippen LogP contribution in [0.3, 0.4) is 0 Å². The van der Waals surface area contributed by atoms with Crippen LogP contribution in [0.2, 0.25) is 0 Å². The molecule has 0 saturated heterocycles. The molecule has 0 unspecified atom stereocenters. The van der Waals surface area contributed by atoms with Gasteiger partial charge in [-0.05, 0) is 24.8 Å². The molecule has 0 saturated carbocycles. The van der Waals surface area contributed by atoms with Gasteiger partial charge in [0.15, 0.2) is 5.58 Å². The molecule has 6 heteroatoms. The minimum atomic E-state index is -0.447. The molecule has 2 aromatic rings. The molecule has 0 atom stereocenters. The monoisotopic (exact) mass is 263 g/mol. The Morgan fingerprint density at radius 3 is 2.95 bits per heavy atom. The van der Waals surface area contributed by atoms with Crippen molar-refractivity contribution in [2.75, 3.05) is 11.9 Å². The molecule has 0 radical (unpaired) electrons. The molecular weight excluding hydrogens is 246 g/mol. The third-order valence-corrected chi connectivity index (χ3v) is 2.82. The summed E-state index contributed by atoms with van der Waals surface area (Å²) in [5.74, 6) is 0.674. The molecule has 0 spiro atoms. The van der Waals surface area contributed by atoms with Crippen LogP contribution < -0.4 is 5.32 Å². The fraction of sp³-hybridized carbons (Fsp3) is 0.462. The highest BCUT2D eigenvalue weighted by Gasteiger charge is 2.11. The maximum Gasteiger partial charge on any atom is 0.295 e. The van der Waals surface area contributed by atoms with E-state index in [-0.39, 0.29) is 5.69 Å². The summed E-state index contributed by atoms with van der Waals surface area (Å²) in [6.45, 7) is 5.14. The first-order valence-electron chi connectivity index (χ1n) is 6.35. The number of benzene rings is 1. The summed E-state index contributed by atoms with van der Waals surface area (Å²) in [5.41, 5.74) is 1.06. The van der Waals surface area contributed by atoms with Crippen molar-refractivity contribution in [3.05, 3.63) is 28.3 Å². The van der Waals surface area contributed by atoms with Crippen LogP contribution in [0.15, 0.2) is 22.6 Å². The maximum absolute atomic E-state index is 10.7. The number of nitro groups is 1. The van der Waals surface area contributed by atoms with Gasteiger partial charge in [0.05, 0.1) is 11.0 Å². The van der Waals surface area contributed by atoms with E-state index in [1.165, 1.54) is 12.1 Å². The Morgan fingerprint density at radius 2 is 2.26 bits per heavy atom. The standard InChI is InChI=1S/C13H17N3O3/c1-9(2)4-3-7-14-13-15-11-6-5-10(16(17)18)8-12(11)19-13/h5-6,8-9H,3-4,7H2,1-2H3,(H,14,15). The lowest BCUT2D eigenvalue weighted by atomic mass is 10.1. The molecule has 0 aliphatic carbocycles. The third kappa shape index (κ3) is 3.43. The smallest absolute Gasteiger partial charge is 0.295 e. The highest BCUT2D eigenvalue weighted by molar-refractivity contribution is 5.77. The topological polar surface area (TPSA) is 81.2 Å². The van der Waals surface area contributed by atoms with Crippen molar-refractivity contribution in [2.24, 2.45) is 5.92 Å². The predicted octanol–water partition coefficient (Wildman–Crippen LogP) is 3.58.